The normalized spacial score (nSPS) is 10.1. The number of ether oxygens (including phenoxy) is 2. The molecule has 1 aromatic carbocycles. The van der Waals surface area contributed by atoms with E-state index in [1.54, 1.807) is 14.2 Å². The fourth-order valence-electron chi connectivity index (χ4n) is 1.97. The Bertz CT molecular complexity index is 617. The van der Waals surface area contributed by atoms with E-state index in [0.717, 1.165) is 23.9 Å². The highest BCUT2D eigenvalue weighted by molar-refractivity contribution is 5.63. The summed E-state index contributed by atoms with van der Waals surface area (Å²) in [6.45, 7) is 4.70. The Morgan fingerprint density at radius 3 is 2.38 bits per heavy atom. The number of nitrogens with one attached hydrogen (secondary N) is 2. The zero-order valence-corrected chi connectivity index (χ0v) is 12.7. The maximum atomic E-state index is 5.29. The Hall–Kier alpha value is -2.50. The van der Waals surface area contributed by atoms with Gasteiger partial charge in [-0.3, -0.25) is 0 Å². The van der Waals surface area contributed by atoms with Crippen molar-refractivity contribution in [1.82, 2.24) is 9.97 Å². The molecule has 2 N–H and O–H groups in total. The molecular weight excluding hydrogens is 268 g/mol. The van der Waals surface area contributed by atoms with Crippen molar-refractivity contribution in [2.45, 2.75) is 13.8 Å². The van der Waals surface area contributed by atoms with Crippen molar-refractivity contribution in [2.24, 2.45) is 0 Å². The Morgan fingerprint density at radius 2 is 1.71 bits per heavy atom. The van der Waals surface area contributed by atoms with Crippen LogP contribution < -0.4 is 20.1 Å². The van der Waals surface area contributed by atoms with Crippen LogP contribution >= 0.6 is 0 Å². The van der Waals surface area contributed by atoms with Crippen molar-refractivity contribution in [3.05, 3.63) is 30.1 Å². The number of benzene rings is 1. The zero-order valence-electron chi connectivity index (χ0n) is 12.7. The van der Waals surface area contributed by atoms with Crippen LogP contribution in [0.3, 0.4) is 0 Å². The Balaban J connectivity index is 2.25. The lowest BCUT2D eigenvalue weighted by atomic mass is 10.2. The van der Waals surface area contributed by atoms with Crippen molar-refractivity contribution in [2.75, 3.05) is 31.4 Å². The lowest BCUT2D eigenvalue weighted by molar-refractivity contribution is 0.355. The Morgan fingerprint density at radius 1 is 1.00 bits per heavy atom. The van der Waals surface area contributed by atoms with Crippen LogP contribution in [0, 0.1) is 6.92 Å². The van der Waals surface area contributed by atoms with Gasteiger partial charge >= 0.3 is 0 Å². The van der Waals surface area contributed by atoms with E-state index < -0.39 is 0 Å². The van der Waals surface area contributed by atoms with E-state index in [9.17, 15) is 0 Å². The highest BCUT2D eigenvalue weighted by atomic mass is 16.5. The van der Waals surface area contributed by atoms with Gasteiger partial charge in [0.05, 0.1) is 14.2 Å². The first-order valence-corrected chi connectivity index (χ1v) is 6.75. The summed E-state index contributed by atoms with van der Waals surface area (Å²) in [6.07, 6.45) is 0. The average molecular weight is 288 g/mol. The number of nitrogens with zero attached hydrogens (tertiary/aromatic N) is 2. The van der Waals surface area contributed by atoms with Crippen LogP contribution in [-0.2, 0) is 0 Å². The smallest absolute Gasteiger partial charge is 0.162 e. The molecule has 1 heterocycles. The van der Waals surface area contributed by atoms with E-state index in [-0.39, 0.29) is 0 Å². The van der Waals surface area contributed by atoms with E-state index in [1.807, 2.05) is 38.1 Å². The van der Waals surface area contributed by atoms with Crippen LogP contribution in [0.15, 0.2) is 24.3 Å². The molecule has 0 aliphatic carbocycles. The zero-order chi connectivity index (χ0) is 15.2. The van der Waals surface area contributed by atoms with Crippen molar-refractivity contribution in [1.29, 1.82) is 0 Å². The second-order valence-corrected chi connectivity index (χ2v) is 4.41. The molecule has 0 amide bonds. The van der Waals surface area contributed by atoms with Crippen LogP contribution in [0.1, 0.15) is 12.7 Å². The Labute approximate surface area is 124 Å². The summed E-state index contributed by atoms with van der Waals surface area (Å²) in [5.74, 6) is 3.59. The molecule has 0 bridgehead atoms. The maximum absolute atomic E-state index is 5.29. The predicted molar refractivity (Wildman–Crippen MR) is 83.8 cm³/mol. The molecule has 1 aromatic heterocycles. The van der Waals surface area contributed by atoms with Gasteiger partial charge in [0.1, 0.15) is 17.5 Å². The van der Waals surface area contributed by atoms with Crippen LogP contribution in [0.4, 0.5) is 17.3 Å². The SMILES string of the molecule is CCNc1cc(Nc2ccc(OC)c(OC)c2)nc(C)n1. The molecule has 112 valence electrons. The molecule has 6 nitrogen and oxygen atoms in total. The minimum absolute atomic E-state index is 0.667. The third kappa shape index (κ3) is 3.75. The summed E-state index contributed by atoms with van der Waals surface area (Å²) >= 11 is 0. The molecule has 0 aliphatic heterocycles. The first-order valence-electron chi connectivity index (χ1n) is 6.75. The highest BCUT2D eigenvalue weighted by Crippen LogP contribution is 2.31. The van der Waals surface area contributed by atoms with Crippen LogP contribution in [0.5, 0.6) is 11.5 Å². The van der Waals surface area contributed by atoms with E-state index in [0.29, 0.717) is 17.3 Å². The summed E-state index contributed by atoms with van der Waals surface area (Å²) in [5, 5.41) is 6.42. The van der Waals surface area contributed by atoms with Crippen molar-refractivity contribution in [3.8, 4) is 11.5 Å². The lowest BCUT2D eigenvalue weighted by Crippen LogP contribution is -2.04. The number of anilines is 3. The summed E-state index contributed by atoms with van der Waals surface area (Å²) in [4.78, 5) is 8.69. The lowest BCUT2D eigenvalue weighted by Gasteiger charge is -2.12. The molecule has 0 aliphatic rings. The maximum Gasteiger partial charge on any atom is 0.162 e. The molecule has 2 aromatic rings. The molecule has 0 atom stereocenters. The van der Waals surface area contributed by atoms with Gasteiger partial charge in [0.25, 0.3) is 0 Å². The van der Waals surface area contributed by atoms with Crippen molar-refractivity contribution in [3.63, 3.8) is 0 Å². The van der Waals surface area contributed by atoms with Gasteiger partial charge < -0.3 is 20.1 Å². The molecule has 0 spiro atoms. The summed E-state index contributed by atoms with van der Waals surface area (Å²) in [6, 6.07) is 7.49. The number of hydrogen-bond acceptors (Lipinski definition) is 6. The van der Waals surface area contributed by atoms with Gasteiger partial charge in [0.15, 0.2) is 11.5 Å². The minimum atomic E-state index is 0.667. The molecule has 2 rings (SSSR count). The first-order chi connectivity index (χ1) is 10.2. The van der Waals surface area contributed by atoms with E-state index >= 15 is 0 Å². The highest BCUT2D eigenvalue weighted by Gasteiger charge is 2.06. The summed E-state index contributed by atoms with van der Waals surface area (Å²) in [5.41, 5.74) is 0.869. The van der Waals surface area contributed by atoms with Gasteiger partial charge in [-0.2, -0.15) is 0 Å². The number of aryl methyl sites for hydroxylation is 1. The van der Waals surface area contributed by atoms with Crippen LogP contribution in [-0.4, -0.2) is 30.7 Å². The Kier molecular flexibility index (Phi) is 4.81. The van der Waals surface area contributed by atoms with Crippen LogP contribution in [0.2, 0.25) is 0 Å². The summed E-state index contributed by atoms with van der Waals surface area (Å²) in [7, 11) is 3.22. The fraction of sp³-hybridized carbons (Fsp3) is 0.333. The third-order valence-corrected chi connectivity index (χ3v) is 2.85. The fourth-order valence-corrected chi connectivity index (χ4v) is 1.97. The third-order valence-electron chi connectivity index (χ3n) is 2.85. The number of hydrogen-bond donors (Lipinski definition) is 2. The van der Waals surface area contributed by atoms with E-state index in [2.05, 4.69) is 20.6 Å². The first kappa shape index (κ1) is 14.9. The molecular formula is C15H20N4O2. The van der Waals surface area contributed by atoms with Gasteiger partial charge in [-0.15, -0.1) is 0 Å². The molecule has 0 unspecified atom stereocenters. The van der Waals surface area contributed by atoms with Gasteiger partial charge in [-0.05, 0) is 26.0 Å². The second-order valence-electron chi connectivity index (χ2n) is 4.41. The van der Waals surface area contributed by atoms with Crippen molar-refractivity contribution < 1.29 is 9.47 Å². The molecule has 0 fully saturated rings. The molecule has 21 heavy (non-hydrogen) atoms. The van der Waals surface area contributed by atoms with Gasteiger partial charge in [0, 0.05) is 24.4 Å². The molecule has 6 heteroatoms. The van der Waals surface area contributed by atoms with Crippen LogP contribution in [0.25, 0.3) is 0 Å². The second kappa shape index (κ2) is 6.78. The molecule has 0 saturated carbocycles. The number of rotatable bonds is 6. The van der Waals surface area contributed by atoms with E-state index in [4.69, 9.17) is 9.47 Å². The molecule has 0 radical (unpaired) electrons. The standard InChI is InChI=1S/C15H20N4O2/c1-5-16-14-9-15(18-10(2)17-14)19-11-6-7-12(20-3)13(8-11)21-4/h6-9H,5H2,1-4H3,(H2,16,17,18,19). The van der Waals surface area contributed by atoms with E-state index in [1.165, 1.54) is 0 Å². The molecule has 0 saturated heterocycles. The summed E-state index contributed by atoms with van der Waals surface area (Å²) < 4.78 is 10.5. The number of methoxy groups -OCH3 is 2. The predicted octanol–water partition coefficient (Wildman–Crippen LogP) is 2.98. The van der Waals surface area contributed by atoms with Crippen molar-refractivity contribution >= 4 is 17.3 Å². The minimum Gasteiger partial charge on any atom is -0.493 e. The monoisotopic (exact) mass is 288 g/mol. The quantitative estimate of drug-likeness (QED) is 0.851. The van der Waals surface area contributed by atoms with Gasteiger partial charge in [-0.25, -0.2) is 9.97 Å². The largest absolute Gasteiger partial charge is 0.493 e. The van der Waals surface area contributed by atoms with Gasteiger partial charge in [0.2, 0.25) is 0 Å². The topological polar surface area (TPSA) is 68.3 Å². The van der Waals surface area contributed by atoms with Gasteiger partial charge in [-0.1, -0.05) is 0 Å². The average Bonchev–Trinajstić information content (AvgIpc) is 2.46. The number of aromatic nitrogens is 2.